The number of rotatable bonds is 11. The lowest BCUT2D eigenvalue weighted by Gasteiger charge is -2.45. The van der Waals surface area contributed by atoms with Crippen LogP contribution in [0.4, 0.5) is 0 Å². The summed E-state index contributed by atoms with van der Waals surface area (Å²) in [6, 6.07) is 29.4. The minimum atomic E-state index is -1.23. The van der Waals surface area contributed by atoms with E-state index < -0.39 is 54.2 Å². The number of carbonyl (C=O) groups excluding carboxylic acids is 3. The molecule has 252 valence electrons. The SMILES string of the molecule is C=CCCC(=O)O[C@H]1[C@@H]2OC(=O)CCC=CCCC(=O)O[C@@H]2[C@@H](OC)O[C@@H]1COC(c1ccccc1)(c1ccccc1)c1ccccc1. The third kappa shape index (κ3) is 8.28. The van der Waals surface area contributed by atoms with Gasteiger partial charge in [-0.3, -0.25) is 14.4 Å². The molecule has 0 aromatic heterocycles. The number of methoxy groups -OCH3 is 1. The van der Waals surface area contributed by atoms with Crippen LogP contribution < -0.4 is 0 Å². The predicted molar refractivity (Wildman–Crippen MR) is 178 cm³/mol. The number of allylic oxidation sites excluding steroid dienone is 3. The number of hydrogen-bond acceptors (Lipinski definition) is 9. The van der Waals surface area contributed by atoms with E-state index in [-0.39, 0.29) is 25.9 Å². The van der Waals surface area contributed by atoms with Crippen molar-refractivity contribution in [3.63, 3.8) is 0 Å². The molecule has 3 aromatic rings. The number of benzene rings is 3. The van der Waals surface area contributed by atoms with Gasteiger partial charge in [-0.05, 0) is 36.0 Å². The second-order valence-electron chi connectivity index (χ2n) is 11.6. The lowest BCUT2D eigenvalue weighted by atomic mass is 9.80. The standard InChI is InChI=1S/C39H42O9/c1-3-4-24-32(40)46-35-31(45-38(43-2)37-36(35)47-33(41)25-16-5-6-17-26-34(42)48-37)27-44-39(28-18-10-7-11-19-28,29-20-12-8-13-21-29)30-22-14-9-15-23-30/h3,5-15,18-23,31,35-38H,1,4,16-17,24-27H2,2H3/t31-,35-,36+,37+,38+/m1/s1. The number of hydrogen-bond donors (Lipinski definition) is 0. The van der Waals surface area contributed by atoms with Crippen molar-refractivity contribution in [2.45, 2.75) is 74.8 Å². The van der Waals surface area contributed by atoms with E-state index in [9.17, 15) is 14.4 Å². The molecular weight excluding hydrogens is 612 g/mol. The van der Waals surface area contributed by atoms with E-state index in [1.807, 2.05) is 103 Å². The van der Waals surface area contributed by atoms with Gasteiger partial charge in [0, 0.05) is 26.4 Å². The third-order valence-corrected chi connectivity index (χ3v) is 8.38. The van der Waals surface area contributed by atoms with Gasteiger partial charge in [0.2, 0.25) is 0 Å². The van der Waals surface area contributed by atoms with Gasteiger partial charge in [0.05, 0.1) is 6.61 Å². The summed E-state index contributed by atoms with van der Waals surface area (Å²) in [7, 11) is 1.41. The van der Waals surface area contributed by atoms with Gasteiger partial charge in [-0.1, -0.05) is 109 Å². The second-order valence-corrected chi connectivity index (χ2v) is 11.6. The number of esters is 3. The minimum Gasteiger partial charge on any atom is -0.455 e. The zero-order valence-corrected chi connectivity index (χ0v) is 27.1. The molecule has 1 fully saturated rings. The maximum atomic E-state index is 13.2. The molecule has 1 saturated heterocycles. The Hall–Kier alpha value is -4.57. The van der Waals surface area contributed by atoms with Crippen LogP contribution >= 0.6 is 0 Å². The molecule has 2 aliphatic heterocycles. The van der Waals surface area contributed by atoms with Crippen LogP contribution in [0.25, 0.3) is 0 Å². The van der Waals surface area contributed by atoms with Crippen molar-refractivity contribution >= 4 is 17.9 Å². The molecule has 0 N–H and O–H groups in total. The molecule has 2 heterocycles. The van der Waals surface area contributed by atoms with Gasteiger partial charge in [0.1, 0.15) is 11.7 Å². The normalized spacial score (nSPS) is 23.4. The fourth-order valence-electron chi connectivity index (χ4n) is 6.07. The first kappa shape index (κ1) is 34.8. The van der Waals surface area contributed by atoms with E-state index >= 15 is 0 Å². The maximum absolute atomic E-state index is 13.2. The minimum absolute atomic E-state index is 0.0409. The molecule has 9 heteroatoms. The zero-order valence-electron chi connectivity index (χ0n) is 27.1. The molecule has 0 aliphatic carbocycles. The Labute approximate surface area is 281 Å². The first-order valence-corrected chi connectivity index (χ1v) is 16.3. The van der Waals surface area contributed by atoms with Gasteiger partial charge in [0.25, 0.3) is 0 Å². The highest BCUT2D eigenvalue weighted by molar-refractivity contribution is 5.72. The molecule has 9 nitrogen and oxygen atoms in total. The summed E-state index contributed by atoms with van der Waals surface area (Å²) in [5, 5.41) is 0. The molecule has 0 radical (unpaired) electrons. The smallest absolute Gasteiger partial charge is 0.306 e. The van der Waals surface area contributed by atoms with E-state index in [0.29, 0.717) is 19.3 Å². The molecule has 5 atom stereocenters. The fourth-order valence-corrected chi connectivity index (χ4v) is 6.07. The van der Waals surface area contributed by atoms with Crippen molar-refractivity contribution in [2.24, 2.45) is 0 Å². The van der Waals surface area contributed by atoms with E-state index in [2.05, 4.69) is 6.58 Å². The lowest BCUT2D eigenvalue weighted by Crippen LogP contribution is -2.63. The summed E-state index contributed by atoms with van der Waals surface area (Å²) in [6.07, 6.45) is 0.968. The van der Waals surface area contributed by atoms with E-state index in [1.54, 1.807) is 6.08 Å². The van der Waals surface area contributed by atoms with Crippen LogP contribution in [0.1, 0.15) is 55.2 Å². The Bertz CT molecular complexity index is 1430. The summed E-state index contributed by atoms with van der Waals surface area (Å²) in [5.41, 5.74) is 1.46. The zero-order chi connectivity index (χ0) is 33.8. The van der Waals surface area contributed by atoms with Crippen molar-refractivity contribution in [3.8, 4) is 0 Å². The van der Waals surface area contributed by atoms with Gasteiger partial charge in [-0.25, -0.2) is 0 Å². The van der Waals surface area contributed by atoms with Crippen LogP contribution in [-0.2, 0) is 48.4 Å². The van der Waals surface area contributed by atoms with Gasteiger partial charge < -0.3 is 28.4 Å². The summed E-state index contributed by atoms with van der Waals surface area (Å²) < 4.78 is 37.0. The Morgan fingerprint density at radius 2 is 1.31 bits per heavy atom. The molecule has 48 heavy (non-hydrogen) atoms. The van der Waals surface area contributed by atoms with Crippen molar-refractivity contribution < 1.29 is 42.8 Å². The summed E-state index contributed by atoms with van der Waals surface area (Å²) in [6.45, 7) is 3.57. The van der Waals surface area contributed by atoms with E-state index in [0.717, 1.165) is 16.7 Å². The number of ether oxygens (including phenoxy) is 6. The van der Waals surface area contributed by atoms with Gasteiger partial charge >= 0.3 is 17.9 Å². The molecule has 0 spiro atoms. The van der Waals surface area contributed by atoms with Crippen LogP contribution in [0.3, 0.4) is 0 Å². The van der Waals surface area contributed by atoms with E-state index in [4.69, 9.17) is 28.4 Å². The molecule has 3 aromatic carbocycles. The van der Waals surface area contributed by atoms with Crippen LogP contribution in [0.2, 0.25) is 0 Å². The largest absolute Gasteiger partial charge is 0.455 e. The third-order valence-electron chi connectivity index (χ3n) is 8.38. The second kappa shape index (κ2) is 17.0. The Kier molecular flexibility index (Phi) is 12.3. The van der Waals surface area contributed by atoms with Crippen molar-refractivity contribution in [2.75, 3.05) is 13.7 Å². The first-order valence-electron chi connectivity index (χ1n) is 16.3. The first-order chi connectivity index (χ1) is 23.5. The summed E-state index contributed by atoms with van der Waals surface area (Å²) in [5.74, 6) is -1.62. The molecule has 0 saturated carbocycles. The topological polar surface area (TPSA) is 107 Å². The van der Waals surface area contributed by atoms with Crippen LogP contribution in [-0.4, -0.2) is 62.3 Å². The quantitative estimate of drug-likeness (QED) is 0.103. The fraction of sp³-hybridized carbons (Fsp3) is 0.359. The lowest BCUT2D eigenvalue weighted by molar-refractivity contribution is -0.306. The number of carbonyl (C=O) groups is 3. The predicted octanol–water partition coefficient (Wildman–Crippen LogP) is 6.20. The summed E-state index contributed by atoms with van der Waals surface area (Å²) in [4.78, 5) is 39.2. The van der Waals surface area contributed by atoms with E-state index in [1.165, 1.54) is 7.11 Å². The average molecular weight is 655 g/mol. The van der Waals surface area contributed by atoms with Crippen LogP contribution in [0, 0.1) is 0 Å². The monoisotopic (exact) mass is 654 g/mol. The highest BCUT2D eigenvalue weighted by Crippen LogP contribution is 2.41. The molecular formula is C39H42O9. The van der Waals surface area contributed by atoms with Crippen LogP contribution in [0.15, 0.2) is 116 Å². The Morgan fingerprint density at radius 3 is 1.79 bits per heavy atom. The highest BCUT2D eigenvalue weighted by atomic mass is 16.7. The van der Waals surface area contributed by atoms with Gasteiger partial charge in [0.15, 0.2) is 24.6 Å². The molecule has 0 amide bonds. The Morgan fingerprint density at radius 1 is 0.812 bits per heavy atom. The highest BCUT2D eigenvalue weighted by Gasteiger charge is 2.53. The maximum Gasteiger partial charge on any atom is 0.306 e. The van der Waals surface area contributed by atoms with Crippen molar-refractivity contribution in [3.05, 3.63) is 132 Å². The van der Waals surface area contributed by atoms with Gasteiger partial charge in [-0.15, -0.1) is 6.58 Å². The average Bonchev–Trinajstić information content (AvgIpc) is 3.12. The van der Waals surface area contributed by atoms with Crippen molar-refractivity contribution in [1.82, 2.24) is 0 Å². The van der Waals surface area contributed by atoms with Crippen molar-refractivity contribution in [1.29, 1.82) is 0 Å². The Balaban J connectivity index is 1.57. The molecule has 5 rings (SSSR count). The molecule has 0 unspecified atom stereocenters. The number of fused-ring (bicyclic) bond motifs is 1. The van der Waals surface area contributed by atoms with Crippen LogP contribution in [0.5, 0.6) is 0 Å². The molecule has 0 bridgehead atoms. The summed E-state index contributed by atoms with van der Waals surface area (Å²) >= 11 is 0. The van der Waals surface area contributed by atoms with Gasteiger partial charge in [-0.2, -0.15) is 0 Å². The molecule has 2 aliphatic rings.